The Balaban J connectivity index is 0.00000165. The molecule has 0 spiro atoms. The summed E-state index contributed by atoms with van der Waals surface area (Å²) in [7, 11) is 3.25. The fourth-order valence-corrected chi connectivity index (χ4v) is 5.25. The Morgan fingerprint density at radius 1 is 0.585 bits per heavy atom. The van der Waals surface area contributed by atoms with Gasteiger partial charge in [-0.1, -0.05) is 146 Å². The summed E-state index contributed by atoms with van der Waals surface area (Å²) in [5, 5.41) is 2.31. The van der Waals surface area contributed by atoms with Gasteiger partial charge in [-0.3, -0.25) is 0 Å². The van der Waals surface area contributed by atoms with Crippen LogP contribution in [0.5, 0.6) is 5.75 Å². The van der Waals surface area contributed by atoms with Crippen molar-refractivity contribution in [1.29, 1.82) is 0 Å². The number of ether oxygens (including phenoxy) is 1. The summed E-state index contributed by atoms with van der Waals surface area (Å²) in [6.45, 7) is 0. The second-order valence-corrected chi connectivity index (χ2v) is 9.70. The van der Waals surface area contributed by atoms with Gasteiger partial charge in [-0.2, -0.15) is 0 Å². The highest BCUT2D eigenvalue weighted by Crippen LogP contribution is 2.37. The van der Waals surface area contributed by atoms with Gasteiger partial charge in [0.25, 0.3) is 0 Å². The molecule has 0 amide bonds. The normalized spacial score (nSPS) is 11.0. The van der Waals surface area contributed by atoms with E-state index < -0.39 is 0 Å². The summed E-state index contributed by atoms with van der Waals surface area (Å²) in [6, 6.07) is 51.6. The third-order valence-corrected chi connectivity index (χ3v) is 7.26. The Morgan fingerprint density at radius 2 is 1.22 bits per heavy atom. The van der Waals surface area contributed by atoms with Crippen LogP contribution in [-0.4, -0.2) is 14.2 Å². The van der Waals surface area contributed by atoms with Crippen molar-refractivity contribution in [2.75, 3.05) is 14.2 Å². The standard InChI is InChI=1S/C38H30O.CH5N/c1-39-38-36-18-9-8-15-31(36)24-26-37(38)32-22-20-29(21-23-32)33-16-10-17-34(27-33)35(30-13-6-3-7-14-30)25-19-28-11-4-2-5-12-28;1-2/h2-18,20-27H,19H2,1H3;2H2,1H3/b35-25+;. The molecule has 202 valence electrons. The third kappa shape index (κ3) is 6.30. The molecule has 6 aromatic rings. The molecular weight excluding hydrogens is 498 g/mol. The molecule has 0 radical (unpaired) electrons. The second kappa shape index (κ2) is 13.4. The minimum Gasteiger partial charge on any atom is -0.495 e. The van der Waals surface area contributed by atoms with Crippen LogP contribution >= 0.6 is 0 Å². The smallest absolute Gasteiger partial charge is 0.134 e. The lowest BCUT2D eigenvalue weighted by molar-refractivity contribution is 0.421. The maximum absolute atomic E-state index is 5.86. The number of hydrogen-bond donors (Lipinski definition) is 1. The molecule has 0 saturated heterocycles. The van der Waals surface area contributed by atoms with E-state index in [1.54, 1.807) is 7.11 Å². The molecule has 0 fully saturated rings. The van der Waals surface area contributed by atoms with Gasteiger partial charge in [0, 0.05) is 10.9 Å². The van der Waals surface area contributed by atoms with E-state index in [0.29, 0.717) is 0 Å². The van der Waals surface area contributed by atoms with E-state index in [1.807, 2.05) is 0 Å². The zero-order valence-electron chi connectivity index (χ0n) is 23.6. The predicted molar refractivity (Wildman–Crippen MR) is 175 cm³/mol. The molecule has 0 unspecified atom stereocenters. The van der Waals surface area contributed by atoms with Crippen LogP contribution in [0, 0.1) is 0 Å². The summed E-state index contributed by atoms with van der Waals surface area (Å²) in [6.07, 6.45) is 3.23. The summed E-state index contributed by atoms with van der Waals surface area (Å²) < 4.78 is 5.86. The van der Waals surface area contributed by atoms with E-state index in [1.165, 1.54) is 45.8 Å². The van der Waals surface area contributed by atoms with Gasteiger partial charge < -0.3 is 10.5 Å². The van der Waals surface area contributed by atoms with Crippen molar-refractivity contribution in [3.8, 4) is 28.0 Å². The SMILES string of the molecule is CN.COc1c(-c2ccc(-c3cccc(/C(=C/Cc4ccccc4)c4ccccc4)c3)cc2)ccc2ccccc12. The number of fused-ring (bicyclic) bond motifs is 1. The second-order valence-electron chi connectivity index (χ2n) is 9.70. The van der Waals surface area contributed by atoms with Gasteiger partial charge in [0.2, 0.25) is 0 Å². The van der Waals surface area contributed by atoms with Gasteiger partial charge >= 0.3 is 0 Å². The Kier molecular flexibility index (Phi) is 9.05. The lowest BCUT2D eigenvalue weighted by atomic mass is 9.92. The minimum absolute atomic E-state index is 0.886. The minimum atomic E-state index is 0.886. The van der Waals surface area contributed by atoms with Gasteiger partial charge in [0.1, 0.15) is 5.75 Å². The molecule has 2 heteroatoms. The van der Waals surface area contributed by atoms with Crippen molar-refractivity contribution in [3.63, 3.8) is 0 Å². The van der Waals surface area contributed by atoms with Crippen LogP contribution in [0.2, 0.25) is 0 Å². The maximum Gasteiger partial charge on any atom is 0.134 e. The number of benzene rings is 6. The predicted octanol–water partition coefficient (Wildman–Crippen LogP) is 9.43. The molecule has 0 aliphatic rings. The van der Waals surface area contributed by atoms with Crippen LogP contribution in [0.25, 0.3) is 38.6 Å². The molecule has 0 heterocycles. The number of methoxy groups -OCH3 is 1. The first-order valence-electron chi connectivity index (χ1n) is 13.9. The first kappa shape index (κ1) is 27.6. The number of rotatable bonds is 7. The van der Waals surface area contributed by atoms with Crippen molar-refractivity contribution >= 4 is 16.3 Å². The van der Waals surface area contributed by atoms with Crippen molar-refractivity contribution in [1.82, 2.24) is 0 Å². The lowest BCUT2D eigenvalue weighted by Gasteiger charge is -2.13. The molecule has 6 aromatic carbocycles. The fraction of sp³-hybridized carbons (Fsp3) is 0.0769. The van der Waals surface area contributed by atoms with Crippen LogP contribution in [0.15, 0.2) is 152 Å². The molecule has 41 heavy (non-hydrogen) atoms. The fourth-order valence-electron chi connectivity index (χ4n) is 5.25. The van der Waals surface area contributed by atoms with Gasteiger partial charge in [-0.05, 0) is 63.9 Å². The highest BCUT2D eigenvalue weighted by atomic mass is 16.5. The van der Waals surface area contributed by atoms with E-state index in [0.717, 1.165) is 28.7 Å². The van der Waals surface area contributed by atoms with Crippen LogP contribution in [-0.2, 0) is 6.42 Å². The highest BCUT2D eigenvalue weighted by molar-refractivity contribution is 5.95. The van der Waals surface area contributed by atoms with Crippen LogP contribution < -0.4 is 10.5 Å². The van der Waals surface area contributed by atoms with Gasteiger partial charge in [0.15, 0.2) is 0 Å². The first-order valence-corrected chi connectivity index (χ1v) is 13.9. The highest BCUT2D eigenvalue weighted by Gasteiger charge is 2.11. The van der Waals surface area contributed by atoms with Crippen molar-refractivity contribution in [3.05, 3.63) is 168 Å². The average molecular weight is 534 g/mol. The molecule has 2 nitrogen and oxygen atoms in total. The van der Waals surface area contributed by atoms with E-state index in [2.05, 4.69) is 157 Å². The lowest BCUT2D eigenvalue weighted by Crippen LogP contribution is -1.92. The zero-order chi connectivity index (χ0) is 28.4. The zero-order valence-corrected chi connectivity index (χ0v) is 23.6. The Hall–Kier alpha value is -4.92. The number of hydrogen-bond acceptors (Lipinski definition) is 2. The number of allylic oxidation sites excluding steroid dienone is 1. The van der Waals surface area contributed by atoms with Gasteiger partial charge in [0.05, 0.1) is 7.11 Å². The monoisotopic (exact) mass is 533 g/mol. The maximum atomic E-state index is 5.86. The van der Waals surface area contributed by atoms with E-state index in [9.17, 15) is 0 Å². The van der Waals surface area contributed by atoms with Crippen molar-refractivity contribution in [2.45, 2.75) is 6.42 Å². The summed E-state index contributed by atoms with van der Waals surface area (Å²) in [4.78, 5) is 0. The first-order chi connectivity index (χ1) is 20.3. The van der Waals surface area contributed by atoms with E-state index in [-0.39, 0.29) is 0 Å². The van der Waals surface area contributed by atoms with E-state index in [4.69, 9.17) is 4.74 Å². The Labute approximate surface area is 243 Å². The van der Waals surface area contributed by atoms with Gasteiger partial charge in [-0.25, -0.2) is 0 Å². The molecule has 0 aliphatic heterocycles. The molecule has 0 aliphatic carbocycles. The van der Waals surface area contributed by atoms with Crippen molar-refractivity contribution in [2.24, 2.45) is 5.73 Å². The van der Waals surface area contributed by atoms with Crippen molar-refractivity contribution < 1.29 is 4.74 Å². The quantitative estimate of drug-likeness (QED) is 0.222. The summed E-state index contributed by atoms with van der Waals surface area (Å²) in [5.41, 5.74) is 14.1. The topological polar surface area (TPSA) is 35.2 Å². The Morgan fingerprint density at radius 3 is 1.95 bits per heavy atom. The van der Waals surface area contributed by atoms with Crippen LogP contribution in [0.3, 0.4) is 0 Å². The third-order valence-electron chi connectivity index (χ3n) is 7.26. The van der Waals surface area contributed by atoms with E-state index >= 15 is 0 Å². The number of nitrogens with two attached hydrogens (primary N) is 1. The molecule has 0 atom stereocenters. The molecular formula is C39H35NO. The molecule has 6 rings (SSSR count). The summed E-state index contributed by atoms with van der Waals surface area (Å²) >= 11 is 0. The van der Waals surface area contributed by atoms with Crippen LogP contribution in [0.1, 0.15) is 16.7 Å². The largest absolute Gasteiger partial charge is 0.495 e. The molecule has 0 aromatic heterocycles. The summed E-state index contributed by atoms with van der Waals surface area (Å²) in [5.74, 6) is 0.916. The average Bonchev–Trinajstić information content (AvgIpc) is 3.06. The van der Waals surface area contributed by atoms with Crippen LogP contribution in [0.4, 0.5) is 0 Å². The molecule has 0 bridgehead atoms. The van der Waals surface area contributed by atoms with Gasteiger partial charge in [-0.15, -0.1) is 0 Å². The Bertz CT molecular complexity index is 1740. The molecule has 0 saturated carbocycles. The molecule has 2 N–H and O–H groups in total.